The van der Waals surface area contributed by atoms with Gasteiger partial charge in [0.25, 0.3) is 0 Å². The standard InChI is InChI=1S/C48H74N2O5/c1-32(2)35-20-25-48(43(55)50(29-15-10-8-9-14-28-49)40(52)30-34(31-41(53)54)33-16-12-11-13-17-33)27-26-46(6)36(42(35)48)18-19-38-45(5)23-22-39(51)44(3,4)37(45)21-24-47(38,46)7/h11-13,16-17,34-39,42,51H,1,8-10,14-15,18-31,49H2,2-7H3,(H,53,54)/t34?,35-,36+,37-,38?,39-,42+,45-,46+,47+,48-/m0/s1. The number of carbonyl (C=O) groups excluding carboxylic acids is 2. The average molecular weight is 759 g/mol. The maximum atomic E-state index is 15.6. The van der Waals surface area contributed by atoms with Crippen molar-refractivity contribution in [1.82, 2.24) is 4.90 Å². The van der Waals surface area contributed by atoms with Crippen LogP contribution in [-0.2, 0) is 14.4 Å². The zero-order valence-electron chi connectivity index (χ0n) is 35.2. The number of allylic oxidation sites excluding steroid dienone is 1. The number of rotatable bonds is 14. The van der Waals surface area contributed by atoms with Gasteiger partial charge in [0.1, 0.15) is 0 Å². The normalized spacial score (nSPS) is 38.1. The molecule has 0 radical (unpaired) electrons. The molecular weight excluding hydrogens is 685 g/mol. The number of hydrogen-bond acceptors (Lipinski definition) is 5. The van der Waals surface area contributed by atoms with E-state index in [9.17, 15) is 19.8 Å². The number of aliphatic hydroxyl groups is 1. The SMILES string of the molecule is C=C(C)[C@@H]1CC[C@]2(C(=O)N(CCCCCCCN)C(=O)CC(CC(=O)O)c3ccccc3)CC[C@]3(C)[C@H](CCC4[C@@]5(C)CC[C@H](O)C(C)(C)[C@@H]5CC[C@]43C)[C@@H]12. The number of benzene rings is 1. The minimum absolute atomic E-state index is 0.00311. The number of aliphatic hydroxyl groups excluding tert-OH is 1. The van der Waals surface area contributed by atoms with Crippen molar-refractivity contribution >= 4 is 17.8 Å². The lowest BCUT2D eigenvalue weighted by Crippen LogP contribution is -2.67. The van der Waals surface area contributed by atoms with Crippen molar-refractivity contribution in [1.29, 1.82) is 0 Å². The molecule has 5 aliphatic carbocycles. The molecule has 2 unspecified atom stereocenters. The summed E-state index contributed by atoms with van der Waals surface area (Å²) in [4.78, 5) is 44.0. The number of nitrogens with two attached hydrogens (primary N) is 1. The third-order valence-corrected chi connectivity index (χ3v) is 17.7. The number of aliphatic carboxylic acids is 1. The molecule has 55 heavy (non-hydrogen) atoms. The van der Waals surface area contributed by atoms with E-state index in [-0.39, 0.29) is 64.3 Å². The second-order valence-electron chi connectivity index (χ2n) is 20.5. The Hall–Kier alpha value is -2.51. The number of hydrogen-bond donors (Lipinski definition) is 3. The van der Waals surface area contributed by atoms with Crippen LogP contribution in [-0.4, -0.2) is 52.1 Å². The molecule has 5 aliphatic rings. The van der Waals surface area contributed by atoms with Gasteiger partial charge in [-0.05, 0) is 147 Å². The molecule has 2 amide bonds. The molecule has 306 valence electrons. The predicted molar refractivity (Wildman–Crippen MR) is 220 cm³/mol. The van der Waals surface area contributed by atoms with Crippen LogP contribution in [0, 0.1) is 56.7 Å². The summed E-state index contributed by atoms with van der Waals surface area (Å²) in [6, 6.07) is 9.47. The highest BCUT2D eigenvalue weighted by molar-refractivity contribution is 5.99. The van der Waals surface area contributed by atoms with E-state index in [2.05, 4.69) is 48.1 Å². The third kappa shape index (κ3) is 7.18. The number of amides is 2. The minimum atomic E-state index is -0.940. The van der Waals surface area contributed by atoms with Crippen LogP contribution in [0.3, 0.4) is 0 Å². The first-order chi connectivity index (χ1) is 26.0. The largest absolute Gasteiger partial charge is 0.481 e. The van der Waals surface area contributed by atoms with Gasteiger partial charge in [-0.3, -0.25) is 19.3 Å². The number of carboxylic acid groups (broad SMARTS) is 1. The molecule has 7 heteroatoms. The molecule has 5 fully saturated rings. The van der Waals surface area contributed by atoms with Crippen LogP contribution >= 0.6 is 0 Å². The number of nitrogens with zero attached hydrogens (tertiary/aromatic N) is 1. The molecule has 7 nitrogen and oxygen atoms in total. The summed E-state index contributed by atoms with van der Waals surface area (Å²) in [5.74, 6) is 0.125. The summed E-state index contributed by atoms with van der Waals surface area (Å²) in [6.45, 7) is 20.1. The van der Waals surface area contributed by atoms with Gasteiger partial charge in [0.2, 0.25) is 11.8 Å². The lowest BCUT2D eigenvalue weighted by atomic mass is 9.32. The van der Waals surface area contributed by atoms with E-state index in [1.54, 1.807) is 4.90 Å². The van der Waals surface area contributed by atoms with Crippen molar-refractivity contribution in [3.8, 4) is 0 Å². The Morgan fingerprint density at radius 1 is 0.818 bits per heavy atom. The molecule has 0 heterocycles. The fourth-order valence-corrected chi connectivity index (χ4v) is 14.6. The van der Waals surface area contributed by atoms with Gasteiger partial charge in [0.15, 0.2) is 0 Å². The van der Waals surface area contributed by atoms with Crippen LogP contribution in [0.15, 0.2) is 42.5 Å². The number of unbranched alkanes of at least 4 members (excludes halogenated alkanes) is 4. The summed E-state index contributed by atoms with van der Waals surface area (Å²) < 4.78 is 0. The van der Waals surface area contributed by atoms with Crippen molar-refractivity contribution in [3.63, 3.8) is 0 Å². The van der Waals surface area contributed by atoms with Crippen molar-refractivity contribution in [3.05, 3.63) is 48.0 Å². The molecule has 5 saturated carbocycles. The van der Waals surface area contributed by atoms with Crippen LogP contribution in [0.25, 0.3) is 0 Å². The Kier molecular flexibility index (Phi) is 12.3. The van der Waals surface area contributed by atoms with Crippen LogP contribution in [0.4, 0.5) is 0 Å². The summed E-state index contributed by atoms with van der Waals surface area (Å²) >= 11 is 0. The monoisotopic (exact) mass is 759 g/mol. The van der Waals surface area contributed by atoms with E-state index < -0.39 is 17.3 Å². The lowest BCUT2D eigenvalue weighted by Gasteiger charge is -2.72. The zero-order chi connectivity index (χ0) is 40.0. The molecule has 0 aliphatic heterocycles. The smallest absolute Gasteiger partial charge is 0.303 e. The van der Waals surface area contributed by atoms with E-state index in [4.69, 9.17) is 5.73 Å². The van der Waals surface area contributed by atoms with Crippen molar-refractivity contribution in [2.75, 3.05) is 13.1 Å². The van der Waals surface area contributed by atoms with Gasteiger partial charge in [0.05, 0.1) is 17.9 Å². The van der Waals surface area contributed by atoms with Crippen molar-refractivity contribution in [2.24, 2.45) is 62.4 Å². The van der Waals surface area contributed by atoms with Crippen molar-refractivity contribution in [2.45, 2.75) is 163 Å². The topological polar surface area (TPSA) is 121 Å². The van der Waals surface area contributed by atoms with Gasteiger partial charge in [-0.25, -0.2) is 0 Å². The second-order valence-corrected chi connectivity index (χ2v) is 20.5. The van der Waals surface area contributed by atoms with Crippen LogP contribution < -0.4 is 5.73 Å². The molecule has 0 bridgehead atoms. The Balaban J connectivity index is 1.33. The summed E-state index contributed by atoms with van der Waals surface area (Å²) in [5.41, 5.74) is 7.37. The number of carboxylic acids is 1. The van der Waals surface area contributed by atoms with Crippen LogP contribution in [0.5, 0.6) is 0 Å². The Bertz CT molecular complexity index is 1570. The number of fused-ring (bicyclic) bond motifs is 7. The molecule has 0 saturated heterocycles. The van der Waals surface area contributed by atoms with Gasteiger partial charge >= 0.3 is 5.97 Å². The van der Waals surface area contributed by atoms with Gasteiger partial charge in [-0.1, -0.05) is 96.4 Å². The second kappa shape index (κ2) is 16.0. The molecule has 4 N–H and O–H groups in total. The molecule has 1 aromatic carbocycles. The predicted octanol–water partition coefficient (Wildman–Crippen LogP) is 9.92. The minimum Gasteiger partial charge on any atom is -0.481 e. The average Bonchev–Trinajstić information content (AvgIpc) is 3.54. The first kappa shape index (κ1) is 42.1. The summed E-state index contributed by atoms with van der Waals surface area (Å²) in [6.07, 6.45) is 14.3. The molecule has 0 spiro atoms. The molecule has 6 rings (SSSR count). The molecular formula is C48H74N2O5. The Morgan fingerprint density at radius 3 is 2.18 bits per heavy atom. The lowest BCUT2D eigenvalue weighted by molar-refractivity contribution is -0.247. The van der Waals surface area contributed by atoms with E-state index in [1.165, 1.54) is 5.57 Å². The van der Waals surface area contributed by atoms with E-state index in [0.29, 0.717) is 30.8 Å². The van der Waals surface area contributed by atoms with Gasteiger partial charge < -0.3 is 15.9 Å². The number of imide groups is 1. The summed E-state index contributed by atoms with van der Waals surface area (Å²) in [7, 11) is 0. The Morgan fingerprint density at radius 2 is 1.51 bits per heavy atom. The summed E-state index contributed by atoms with van der Waals surface area (Å²) in [5, 5.41) is 21.1. The molecule has 11 atom stereocenters. The van der Waals surface area contributed by atoms with Crippen molar-refractivity contribution < 1.29 is 24.6 Å². The Labute approximate surface area is 332 Å². The quantitative estimate of drug-likeness (QED) is 0.128. The maximum absolute atomic E-state index is 15.6. The fourth-order valence-electron chi connectivity index (χ4n) is 14.6. The van der Waals surface area contributed by atoms with Crippen LogP contribution in [0.1, 0.15) is 162 Å². The highest BCUT2D eigenvalue weighted by Gasteiger charge is 2.72. The molecule has 1 aromatic rings. The maximum Gasteiger partial charge on any atom is 0.303 e. The molecule has 0 aromatic heterocycles. The first-order valence-electron chi connectivity index (χ1n) is 22.1. The fraction of sp³-hybridized carbons (Fsp3) is 0.771. The highest BCUT2D eigenvalue weighted by atomic mass is 16.4. The van der Waals surface area contributed by atoms with E-state index >= 15 is 4.79 Å². The van der Waals surface area contributed by atoms with E-state index in [0.717, 1.165) is 102 Å². The first-order valence-corrected chi connectivity index (χ1v) is 22.1. The zero-order valence-corrected chi connectivity index (χ0v) is 35.2. The van der Waals surface area contributed by atoms with E-state index in [1.807, 2.05) is 30.3 Å². The van der Waals surface area contributed by atoms with Crippen LogP contribution in [0.2, 0.25) is 0 Å². The highest BCUT2D eigenvalue weighted by Crippen LogP contribution is 2.77. The van der Waals surface area contributed by atoms with Gasteiger partial charge in [0, 0.05) is 18.9 Å². The van der Waals surface area contributed by atoms with Gasteiger partial charge in [-0.15, -0.1) is 0 Å². The number of carbonyl (C=O) groups is 3. The third-order valence-electron chi connectivity index (χ3n) is 17.7. The van der Waals surface area contributed by atoms with Gasteiger partial charge in [-0.2, -0.15) is 0 Å².